The summed E-state index contributed by atoms with van der Waals surface area (Å²) in [4.78, 5) is 0. The van der Waals surface area contributed by atoms with Crippen molar-refractivity contribution in [3.8, 4) is 0 Å². The molecule has 1 N–H and O–H groups in total. The van der Waals surface area contributed by atoms with Crippen LogP contribution in [0, 0.1) is 5.82 Å². The van der Waals surface area contributed by atoms with E-state index in [9.17, 15) is 4.39 Å². The lowest BCUT2D eigenvalue weighted by atomic mass is 10.2. The van der Waals surface area contributed by atoms with E-state index in [1.165, 1.54) is 12.1 Å². The lowest BCUT2D eigenvalue weighted by molar-refractivity contribution is 0.496. The highest BCUT2D eigenvalue weighted by Gasteiger charge is 1.96. The molecular weight excluding hydrogens is 217 g/mol. The second-order valence-electron chi connectivity index (χ2n) is 3.99. The van der Waals surface area contributed by atoms with E-state index in [-0.39, 0.29) is 5.82 Å². The molecule has 17 heavy (non-hydrogen) atoms. The molecule has 0 unspecified atom stereocenters. The van der Waals surface area contributed by atoms with Crippen molar-refractivity contribution in [3.63, 3.8) is 0 Å². The average molecular weight is 233 g/mol. The Hall–Kier alpha value is -1.61. The molecule has 2 rings (SSSR count). The van der Waals surface area contributed by atoms with Gasteiger partial charge in [0.05, 0.1) is 6.26 Å². The lowest BCUT2D eigenvalue weighted by Gasteiger charge is -2.04. The maximum Gasteiger partial charge on any atom is 0.123 e. The van der Waals surface area contributed by atoms with Crippen molar-refractivity contribution >= 4 is 0 Å². The molecule has 2 aromatic rings. The van der Waals surface area contributed by atoms with Crippen LogP contribution in [0.5, 0.6) is 0 Å². The maximum atomic E-state index is 12.7. The third-order valence-corrected chi connectivity index (χ3v) is 2.60. The van der Waals surface area contributed by atoms with Gasteiger partial charge < -0.3 is 9.73 Å². The van der Waals surface area contributed by atoms with E-state index in [0.717, 1.165) is 37.3 Å². The van der Waals surface area contributed by atoms with Gasteiger partial charge in [0.15, 0.2) is 0 Å². The summed E-state index contributed by atoms with van der Waals surface area (Å²) in [5.74, 6) is 0.833. The number of benzene rings is 1. The van der Waals surface area contributed by atoms with Crippen molar-refractivity contribution in [2.24, 2.45) is 0 Å². The van der Waals surface area contributed by atoms with Crippen LogP contribution in [0.2, 0.25) is 0 Å². The number of rotatable bonds is 6. The van der Waals surface area contributed by atoms with Crippen LogP contribution in [-0.4, -0.2) is 6.54 Å². The zero-order valence-corrected chi connectivity index (χ0v) is 9.66. The van der Waals surface area contributed by atoms with Crippen molar-refractivity contribution in [2.45, 2.75) is 19.4 Å². The number of aryl methyl sites for hydroxylation is 1. The fraction of sp³-hybridized carbons (Fsp3) is 0.286. The SMILES string of the molecule is Fc1ccc(CNCCCc2ccco2)cc1. The Bertz CT molecular complexity index is 422. The van der Waals surface area contributed by atoms with Gasteiger partial charge in [-0.1, -0.05) is 12.1 Å². The van der Waals surface area contributed by atoms with Crippen molar-refractivity contribution in [1.29, 1.82) is 0 Å². The molecule has 0 aliphatic rings. The van der Waals surface area contributed by atoms with E-state index in [1.807, 2.05) is 12.1 Å². The molecule has 1 aromatic carbocycles. The van der Waals surface area contributed by atoms with Crippen molar-refractivity contribution < 1.29 is 8.81 Å². The van der Waals surface area contributed by atoms with Gasteiger partial charge in [-0.15, -0.1) is 0 Å². The Kier molecular flexibility index (Phi) is 4.33. The van der Waals surface area contributed by atoms with Crippen molar-refractivity contribution in [2.75, 3.05) is 6.54 Å². The van der Waals surface area contributed by atoms with E-state index < -0.39 is 0 Å². The molecule has 0 fully saturated rings. The quantitative estimate of drug-likeness (QED) is 0.775. The molecular formula is C14H16FNO. The number of furan rings is 1. The fourth-order valence-corrected chi connectivity index (χ4v) is 1.68. The zero-order chi connectivity index (χ0) is 11.9. The van der Waals surface area contributed by atoms with Gasteiger partial charge in [0.1, 0.15) is 11.6 Å². The van der Waals surface area contributed by atoms with E-state index in [4.69, 9.17) is 4.42 Å². The standard InChI is InChI=1S/C14H16FNO/c15-13-7-5-12(6-8-13)11-16-9-1-3-14-4-2-10-17-14/h2,4-8,10,16H,1,3,9,11H2. The van der Waals surface area contributed by atoms with Gasteiger partial charge in [0.25, 0.3) is 0 Å². The first kappa shape index (κ1) is 11.9. The Labute approximate surface area is 100 Å². The molecule has 2 nitrogen and oxygen atoms in total. The molecule has 0 amide bonds. The first-order valence-corrected chi connectivity index (χ1v) is 5.82. The number of halogens is 1. The highest BCUT2D eigenvalue weighted by Crippen LogP contribution is 2.04. The Balaban J connectivity index is 1.61. The predicted molar refractivity (Wildman–Crippen MR) is 65.1 cm³/mol. The number of hydrogen-bond acceptors (Lipinski definition) is 2. The summed E-state index contributed by atoms with van der Waals surface area (Å²) >= 11 is 0. The summed E-state index contributed by atoms with van der Waals surface area (Å²) in [7, 11) is 0. The molecule has 3 heteroatoms. The van der Waals surface area contributed by atoms with Gasteiger partial charge in [0.2, 0.25) is 0 Å². The lowest BCUT2D eigenvalue weighted by Crippen LogP contribution is -2.15. The second kappa shape index (κ2) is 6.21. The third-order valence-electron chi connectivity index (χ3n) is 2.60. The van der Waals surface area contributed by atoms with E-state index in [1.54, 1.807) is 18.4 Å². The van der Waals surface area contributed by atoms with Gasteiger partial charge in [-0.25, -0.2) is 4.39 Å². The van der Waals surface area contributed by atoms with Crippen LogP contribution in [0.4, 0.5) is 4.39 Å². The minimum atomic E-state index is -0.188. The van der Waals surface area contributed by atoms with Gasteiger partial charge in [0, 0.05) is 13.0 Å². The van der Waals surface area contributed by atoms with Crippen LogP contribution in [0.1, 0.15) is 17.7 Å². The van der Waals surface area contributed by atoms with Gasteiger partial charge in [-0.05, 0) is 42.8 Å². The summed E-state index contributed by atoms with van der Waals surface area (Å²) in [5, 5.41) is 3.32. The smallest absolute Gasteiger partial charge is 0.123 e. The predicted octanol–water partition coefficient (Wildman–Crippen LogP) is 3.14. The molecule has 0 aliphatic heterocycles. The molecule has 90 valence electrons. The fourth-order valence-electron chi connectivity index (χ4n) is 1.68. The molecule has 0 radical (unpaired) electrons. The maximum absolute atomic E-state index is 12.7. The molecule has 0 spiro atoms. The highest BCUT2D eigenvalue weighted by molar-refractivity contribution is 5.15. The Morgan fingerprint density at radius 1 is 1.12 bits per heavy atom. The van der Waals surface area contributed by atoms with Crippen LogP contribution in [0.3, 0.4) is 0 Å². The third kappa shape index (κ3) is 4.04. The minimum Gasteiger partial charge on any atom is -0.469 e. The van der Waals surface area contributed by atoms with E-state index >= 15 is 0 Å². The average Bonchev–Trinajstić information content (AvgIpc) is 2.84. The summed E-state index contributed by atoms with van der Waals surface area (Å²) in [6.07, 6.45) is 3.68. The minimum absolute atomic E-state index is 0.188. The topological polar surface area (TPSA) is 25.2 Å². The normalized spacial score (nSPS) is 10.6. The Morgan fingerprint density at radius 2 is 1.94 bits per heavy atom. The molecule has 0 aliphatic carbocycles. The molecule has 0 saturated carbocycles. The van der Waals surface area contributed by atoms with Crippen molar-refractivity contribution in [1.82, 2.24) is 5.32 Å². The molecule has 0 saturated heterocycles. The van der Waals surface area contributed by atoms with Crippen LogP contribution in [0.25, 0.3) is 0 Å². The van der Waals surface area contributed by atoms with Gasteiger partial charge >= 0.3 is 0 Å². The van der Waals surface area contributed by atoms with Crippen LogP contribution in [-0.2, 0) is 13.0 Å². The summed E-state index contributed by atoms with van der Waals surface area (Å²) in [6, 6.07) is 10.5. The summed E-state index contributed by atoms with van der Waals surface area (Å²) < 4.78 is 17.9. The highest BCUT2D eigenvalue weighted by atomic mass is 19.1. The zero-order valence-electron chi connectivity index (χ0n) is 9.66. The summed E-state index contributed by atoms with van der Waals surface area (Å²) in [6.45, 7) is 1.70. The van der Waals surface area contributed by atoms with E-state index in [2.05, 4.69) is 5.32 Å². The molecule has 1 heterocycles. The van der Waals surface area contributed by atoms with Gasteiger partial charge in [-0.2, -0.15) is 0 Å². The molecule has 0 bridgehead atoms. The number of hydrogen-bond donors (Lipinski definition) is 1. The second-order valence-corrected chi connectivity index (χ2v) is 3.99. The van der Waals surface area contributed by atoms with E-state index in [0.29, 0.717) is 0 Å². The molecule has 1 aromatic heterocycles. The first-order valence-electron chi connectivity index (χ1n) is 5.82. The van der Waals surface area contributed by atoms with Crippen LogP contribution < -0.4 is 5.32 Å². The van der Waals surface area contributed by atoms with Crippen molar-refractivity contribution in [3.05, 3.63) is 59.8 Å². The number of nitrogens with one attached hydrogen (secondary N) is 1. The van der Waals surface area contributed by atoms with Crippen LogP contribution in [0.15, 0.2) is 47.1 Å². The monoisotopic (exact) mass is 233 g/mol. The summed E-state index contributed by atoms with van der Waals surface area (Å²) in [5.41, 5.74) is 1.10. The Morgan fingerprint density at radius 3 is 2.65 bits per heavy atom. The van der Waals surface area contributed by atoms with Gasteiger partial charge in [-0.3, -0.25) is 0 Å². The van der Waals surface area contributed by atoms with Crippen LogP contribution >= 0.6 is 0 Å². The molecule has 0 atom stereocenters. The first-order chi connectivity index (χ1) is 8.34. The largest absolute Gasteiger partial charge is 0.469 e.